The second kappa shape index (κ2) is 38.0. The Morgan fingerprint density at radius 3 is 1.32 bits per heavy atom. The van der Waals surface area contributed by atoms with E-state index in [9.17, 15) is 57.8 Å². The van der Waals surface area contributed by atoms with Crippen molar-refractivity contribution >= 4 is 76.7 Å². The van der Waals surface area contributed by atoms with Crippen LogP contribution in [0.4, 0.5) is 0 Å². The van der Waals surface area contributed by atoms with Gasteiger partial charge in [-0.2, -0.15) is 0 Å². The molecule has 101 heavy (non-hydrogen) atoms. The van der Waals surface area contributed by atoms with Gasteiger partial charge in [0.05, 0.1) is 24.5 Å². The van der Waals surface area contributed by atoms with E-state index in [4.69, 9.17) is 4.66 Å². The molecule has 552 valence electrons. The van der Waals surface area contributed by atoms with Crippen molar-refractivity contribution in [1.82, 2.24) is 72.3 Å². The third kappa shape index (κ3) is 21.9. The van der Waals surface area contributed by atoms with Crippen LogP contribution < -0.4 is 76.8 Å². The van der Waals surface area contributed by atoms with Gasteiger partial charge in [-0.15, -0.1) is 0 Å². The Hall–Kier alpha value is -6.26. The summed E-state index contributed by atoms with van der Waals surface area (Å²) in [6, 6.07) is -7.03. The Kier molecular flexibility index (Phi) is 30.8. The third-order valence-corrected chi connectivity index (χ3v) is 21.5. The van der Waals surface area contributed by atoms with Gasteiger partial charge in [-0.05, 0) is 136 Å². The van der Waals surface area contributed by atoms with Crippen LogP contribution in [0.2, 0.25) is 0 Å². The molecule has 27 nitrogen and oxygen atoms in total. The molecule has 10 rings (SSSR count). The number of likely N-dealkylation sites (tertiary alicyclic amines) is 2. The number of aliphatic hydroxyl groups excluding tert-OH is 1. The zero-order valence-corrected chi connectivity index (χ0v) is 63.3. The summed E-state index contributed by atoms with van der Waals surface area (Å²) in [5, 5.41) is 34.1. The number of nitrogens with one attached hydrogen (secondary N) is 8. The van der Waals surface area contributed by atoms with Crippen molar-refractivity contribution in [3.8, 4) is 0 Å². The van der Waals surface area contributed by atoms with Gasteiger partial charge in [0.15, 0.2) is 6.10 Å². The number of carbonyl (C=O) groups is 11. The van der Waals surface area contributed by atoms with Crippen LogP contribution in [0.5, 0.6) is 0 Å². The molecule has 1 unspecified atom stereocenters. The molecule has 10 amide bonds. The summed E-state index contributed by atoms with van der Waals surface area (Å²) in [4.78, 5) is 170. The molecule has 6 saturated carbocycles. The van der Waals surface area contributed by atoms with Gasteiger partial charge in [0.1, 0.15) is 47.6 Å². The van der Waals surface area contributed by atoms with Crippen molar-refractivity contribution in [2.45, 2.75) is 276 Å². The fourth-order valence-corrected chi connectivity index (χ4v) is 15.9. The van der Waals surface area contributed by atoms with E-state index in [1.165, 1.54) is 37.2 Å². The molecular formula is C72H108ClN14NaO13. The molecule has 0 aromatic carbocycles. The molecular weight excluding hydrogens is 1330 g/mol. The summed E-state index contributed by atoms with van der Waals surface area (Å²) >= 11 is 3.39. The molecule has 13 atom stereocenters. The first kappa shape index (κ1) is 82.0. The van der Waals surface area contributed by atoms with E-state index in [0.717, 1.165) is 128 Å². The van der Waals surface area contributed by atoms with Crippen molar-refractivity contribution in [2.75, 3.05) is 13.1 Å². The van der Waals surface area contributed by atoms with E-state index in [-0.39, 0.29) is 106 Å². The van der Waals surface area contributed by atoms with Crippen LogP contribution in [0.3, 0.4) is 0 Å². The number of amides is 10. The number of aromatic nitrogens is 4. The molecule has 2 aromatic heterocycles. The maximum atomic E-state index is 14.6. The molecule has 29 heteroatoms. The zero-order chi connectivity index (χ0) is 72.6. The predicted octanol–water partition coefficient (Wildman–Crippen LogP) is 1.19. The quantitative estimate of drug-likeness (QED) is 0.0472. The normalized spacial score (nSPS) is 24.0. The number of rotatable bonds is 26. The molecule has 8 fully saturated rings. The molecule has 0 bridgehead atoms. The number of Topliss-reactive ketones (excluding diaryl/α,β-unsaturated/α-hetero) is 1. The number of aliphatic hydroxyl groups is 1. The summed E-state index contributed by atoms with van der Waals surface area (Å²) in [5.41, 5.74) is -1.26. The molecule has 2 aromatic rings. The molecule has 9 N–H and O–H groups in total. The number of hydrogen-bond acceptors (Lipinski definition) is 17. The number of halogens is 1. The second-order valence-electron chi connectivity index (χ2n) is 31.2. The fraction of sp³-hybridized carbons (Fsp3) is 0.736. The first-order valence-electron chi connectivity index (χ1n) is 36.7. The largest absolute Gasteiger partial charge is 1.00 e. The van der Waals surface area contributed by atoms with Gasteiger partial charge in [0.25, 0.3) is 23.6 Å². The molecule has 2 saturated heterocycles. The average molecular weight is 1440 g/mol. The minimum atomic E-state index is -1.40. The summed E-state index contributed by atoms with van der Waals surface area (Å²) in [5.74, 6) is -5.38. The van der Waals surface area contributed by atoms with Crippen molar-refractivity contribution in [2.24, 2.45) is 46.3 Å². The van der Waals surface area contributed by atoms with Crippen molar-refractivity contribution < 1.29 is 92.1 Å². The van der Waals surface area contributed by atoms with E-state index in [1.807, 2.05) is 55.4 Å². The van der Waals surface area contributed by atoms with Crippen LogP contribution in [0.1, 0.15) is 230 Å². The predicted molar refractivity (Wildman–Crippen MR) is 368 cm³/mol. The summed E-state index contributed by atoms with van der Waals surface area (Å²) in [7, 11) is 0. The second-order valence-corrected chi connectivity index (χ2v) is 31.2. The Balaban J connectivity index is 0.000000274. The minimum Gasteiger partial charge on any atom is -0.769 e. The first-order chi connectivity index (χ1) is 47.8. The fourth-order valence-electron chi connectivity index (χ4n) is 15.9. The van der Waals surface area contributed by atoms with Crippen molar-refractivity contribution in [3.05, 3.63) is 48.6 Å². The standard InChI is InChI=1S/C36H55N7O6.C36H53N7O6.ClO.Na/c2*1-5-10-25(29(44)34(48)39-23-15-16-23)40-33(47)28-24-14-9-13-22(24)20-43(28)35(49)30(36(2,3)4)42-32(46)27(21-11-7-6-8-12-21)41-31(45)26-19-37-17-18-38-26;1-2;/h17-19,21-25,27-30,44H,5-16,20H2,1-4H3,(H,39,48)(H,40,47)(H,41,45)(H,42,46);17-19,21-25,27-28,30H,5-16,20H2,1-4H3,(H,39,48)(H,40,47)(H,41,45)(H,42,46);;/q;;-1;+1/t22?,24-,25-,27-,28-,29+,30+;22-,24-,25-,27-,28-,30+;;/m00../s1. The minimum absolute atomic E-state index is 0. The van der Waals surface area contributed by atoms with Crippen molar-refractivity contribution in [3.63, 3.8) is 0 Å². The van der Waals surface area contributed by atoms with Crippen LogP contribution in [0, 0.1) is 46.3 Å². The van der Waals surface area contributed by atoms with E-state index in [1.54, 1.807) is 9.80 Å². The zero-order valence-electron chi connectivity index (χ0n) is 60.6. The van der Waals surface area contributed by atoms with Crippen LogP contribution >= 0.6 is 11.9 Å². The number of nitrogens with zero attached hydrogens (tertiary/aromatic N) is 6. The Bertz CT molecular complexity index is 3160. The smallest absolute Gasteiger partial charge is 0.769 e. The van der Waals surface area contributed by atoms with E-state index in [2.05, 4.69) is 74.3 Å². The Morgan fingerprint density at radius 1 is 0.515 bits per heavy atom. The van der Waals surface area contributed by atoms with Gasteiger partial charge < -0.3 is 62.1 Å². The van der Waals surface area contributed by atoms with Gasteiger partial charge in [-0.1, -0.05) is 120 Å². The molecule has 2 aliphatic heterocycles. The van der Waals surface area contributed by atoms with Crippen LogP contribution in [0.15, 0.2) is 37.2 Å². The van der Waals surface area contributed by atoms with Gasteiger partial charge in [-0.25, -0.2) is 21.8 Å². The van der Waals surface area contributed by atoms with Crippen LogP contribution in [0.25, 0.3) is 0 Å². The third-order valence-electron chi connectivity index (χ3n) is 21.5. The molecule has 8 aliphatic rings. The SMILES string of the molecule is CCC[C@H](NC(=O)[C@@H]1[C@H]2CCCC2CN1C(=O)[C@@H](NC(=O)[C@@H](NC(=O)c1cnccn1)C1CCCCC1)C(C)(C)C)[C@@H](O)C(=O)NC1CC1.CCC[C@H](NC(=O)[C@@H]1[C@H]2CCC[C@H]2CN1C(=O)[C@@H](NC(=O)[C@@H](NC(=O)c1cnccn1)C1CCCCC1)C(C)(C)C)C(=O)C(=O)NC1CC1.[Na+].[O-]Cl. The van der Waals surface area contributed by atoms with Crippen LogP contribution in [-0.4, -0.2) is 179 Å². The van der Waals surface area contributed by atoms with Gasteiger partial charge in [-0.3, -0.25) is 62.7 Å². The Labute approximate surface area is 621 Å². The summed E-state index contributed by atoms with van der Waals surface area (Å²) in [6.07, 6.45) is 26.7. The number of ketones is 1. The van der Waals surface area contributed by atoms with Crippen LogP contribution in [-0.2, 0) is 43.2 Å². The van der Waals surface area contributed by atoms with Gasteiger partial charge in [0.2, 0.25) is 41.2 Å². The van der Waals surface area contributed by atoms with E-state index < -0.39 is 112 Å². The molecule has 4 heterocycles. The first-order valence-corrected chi connectivity index (χ1v) is 37.0. The number of fused-ring (bicyclic) bond motifs is 2. The van der Waals surface area contributed by atoms with E-state index in [0.29, 0.717) is 38.8 Å². The monoisotopic (exact) mass is 1430 g/mol. The molecule has 0 radical (unpaired) electrons. The average Bonchev–Trinajstić information content (AvgIpc) is 1.63. The van der Waals surface area contributed by atoms with Gasteiger partial charge >= 0.3 is 29.6 Å². The Morgan fingerprint density at radius 2 is 0.931 bits per heavy atom. The summed E-state index contributed by atoms with van der Waals surface area (Å²) in [6.45, 7) is 15.8. The summed E-state index contributed by atoms with van der Waals surface area (Å²) < 4.78 is 7.72. The van der Waals surface area contributed by atoms with Gasteiger partial charge in [0, 0.05) is 50.0 Å². The number of hydrogen-bond donors (Lipinski definition) is 9. The topological polar surface area (TPSA) is 385 Å². The number of carbonyl (C=O) groups excluding carboxylic acids is 11. The van der Waals surface area contributed by atoms with Crippen molar-refractivity contribution in [1.29, 1.82) is 0 Å². The van der Waals surface area contributed by atoms with E-state index >= 15 is 0 Å². The maximum absolute atomic E-state index is 14.6. The molecule has 6 aliphatic carbocycles. The maximum Gasteiger partial charge on any atom is 1.00 e. The molecule has 0 spiro atoms.